The maximum absolute atomic E-state index is 14.7. The smallest absolute Gasteiger partial charge is 0.326 e. The summed E-state index contributed by atoms with van der Waals surface area (Å²) in [6.45, 7) is 11.7. The number of nitrogens with zero attached hydrogens (tertiary/aromatic N) is 3. The molecule has 5 atom stereocenters. The van der Waals surface area contributed by atoms with Crippen LogP contribution in [-0.2, 0) is 15.0 Å². The van der Waals surface area contributed by atoms with Gasteiger partial charge in [0.2, 0.25) is 11.8 Å². The summed E-state index contributed by atoms with van der Waals surface area (Å²) >= 11 is 0. The number of methoxy groups -OCH3 is 1. The molecule has 2 aromatic rings. The van der Waals surface area contributed by atoms with Gasteiger partial charge in [0, 0.05) is 50.5 Å². The molecule has 0 bridgehead atoms. The van der Waals surface area contributed by atoms with Crippen LogP contribution in [0.5, 0.6) is 5.75 Å². The Hall–Kier alpha value is -3.76. The summed E-state index contributed by atoms with van der Waals surface area (Å²) in [6, 6.07) is 5.49. The summed E-state index contributed by atoms with van der Waals surface area (Å²) in [5.41, 5.74) is 0.657. The lowest BCUT2D eigenvalue weighted by Crippen LogP contribution is -2.50. The lowest BCUT2D eigenvalue weighted by Gasteiger charge is -2.37. The van der Waals surface area contributed by atoms with Crippen molar-refractivity contribution in [1.82, 2.24) is 15.2 Å². The molecule has 1 aliphatic carbocycles. The van der Waals surface area contributed by atoms with E-state index in [1.807, 2.05) is 47.6 Å². The van der Waals surface area contributed by atoms with Crippen molar-refractivity contribution >= 4 is 23.6 Å². The van der Waals surface area contributed by atoms with E-state index >= 15 is 0 Å². The van der Waals surface area contributed by atoms with Crippen molar-refractivity contribution in [2.45, 2.75) is 96.7 Å². The molecule has 4 rings (SSSR count). The second-order valence-electron chi connectivity index (χ2n) is 15.0. The van der Waals surface area contributed by atoms with E-state index in [0.29, 0.717) is 17.1 Å². The maximum Gasteiger partial charge on any atom is 0.326 e. The summed E-state index contributed by atoms with van der Waals surface area (Å²) < 4.78 is 34.9. The van der Waals surface area contributed by atoms with Crippen LogP contribution in [0.4, 0.5) is 14.6 Å². The number of benzene rings is 1. The number of ether oxygens (including phenoxy) is 1. The van der Waals surface area contributed by atoms with Gasteiger partial charge < -0.3 is 25.0 Å². The monoisotopic (exact) mass is 642 g/mol. The zero-order valence-corrected chi connectivity index (χ0v) is 28.4. The van der Waals surface area contributed by atoms with E-state index in [1.165, 1.54) is 12.0 Å². The Bertz CT molecular complexity index is 1470. The van der Waals surface area contributed by atoms with E-state index in [1.54, 1.807) is 49.5 Å². The number of halogens is 2. The van der Waals surface area contributed by atoms with Crippen molar-refractivity contribution in [3.8, 4) is 5.75 Å². The first-order valence-corrected chi connectivity index (χ1v) is 15.8. The van der Waals surface area contributed by atoms with Gasteiger partial charge in [-0.15, -0.1) is 0 Å². The summed E-state index contributed by atoms with van der Waals surface area (Å²) in [6.07, 6.45) is 1.01. The Balaban J connectivity index is 1.95. The molecule has 0 spiro atoms. The number of aliphatic carboxylic acids is 1. The van der Waals surface area contributed by atoms with Gasteiger partial charge in [0.1, 0.15) is 17.6 Å². The maximum atomic E-state index is 14.7. The summed E-state index contributed by atoms with van der Waals surface area (Å²) in [5, 5.41) is 13.9. The molecule has 2 heterocycles. The van der Waals surface area contributed by atoms with Crippen molar-refractivity contribution in [2.24, 2.45) is 17.3 Å². The molecule has 46 heavy (non-hydrogen) atoms. The van der Waals surface area contributed by atoms with Crippen LogP contribution in [0.2, 0.25) is 0 Å². The minimum Gasteiger partial charge on any atom is -0.496 e. The quantitative estimate of drug-likeness (QED) is 0.377. The highest BCUT2D eigenvalue weighted by Gasteiger charge is 2.60. The number of rotatable bonds is 7. The highest BCUT2D eigenvalue weighted by atomic mass is 19.3. The fourth-order valence-corrected chi connectivity index (χ4v) is 7.17. The number of hydrogen-bond acceptors (Lipinski definition) is 6. The van der Waals surface area contributed by atoms with E-state index in [-0.39, 0.29) is 30.2 Å². The Morgan fingerprint density at radius 1 is 1.11 bits per heavy atom. The molecule has 11 heteroatoms. The number of hydrogen-bond donors (Lipinski definition) is 2. The van der Waals surface area contributed by atoms with E-state index in [0.717, 1.165) is 5.56 Å². The first-order valence-electron chi connectivity index (χ1n) is 15.8. The average molecular weight is 643 g/mol. The average Bonchev–Trinajstić information content (AvgIpc) is 3.30. The molecule has 0 radical (unpaired) electrons. The highest BCUT2D eigenvalue weighted by molar-refractivity contribution is 5.98. The molecule has 1 aromatic carbocycles. The number of amides is 2. The number of aromatic nitrogens is 1. The van der Waals surface area contributed by atoms with Crippen molar-refractivity contribution in [1.29, 1.82) is 0 Å². The van der Waals surface area contributed by atoms with Crippen LogP contribution in [-0.4, -0.2) is 72.0 Å². The van der Waals surface area contributed by atoms with Crippen LogP contribution in [0, 0.1) is 17.3 Å². The molecule has 9 nitrogen and oxygen atoms in total. The first kappa shape index (κ1) is 35.1. The number of pyridine rings is 1. The van der Waals surface area contributed by atoms with Gasteiger partial charge in [-0.3, -0.25) is 9.59 Å². The number of carbonyl (C=O) groups is 3. The molecule has 2 aliphatic rings. The standard InChI is InChI=1S/C35H48F2N4O5/c1-33(2,3)21-14-15-24(46-9)23(18-21)30(42)39-26-25(34(4,5)6)28(32(44)45)41(31(43)20-12-10-16-35(36,37)19-20)27(26)22-13-11-17-38-29(22)40(7)8/h11,13-15,17-18,20,25-28H,10,12,16,19H2,1-9H3,(H,39,42)(H,44,45)/t20-,25+,26+,27+,28+/m1/s1. The third-order valence-corrected chi connectivity index (χ3v) is 9.33. The number of alkyl halides is 2. The second-order valence-corrected chi connectivity index (χ2v) is 15.0. The first-order chi connectivity index (χ1) is 21.3. The molecule has 2 fully saturated rings. The highest BCUT2D eigenvalue weighted by Crippen LogP contribution is 2.51. The van der Waals surface area contributed by atoms with E-state index in [2.05, 4.69) is 10.3 Å². The lowest BCUT2D eigenvalue weighted by atomic mass is 9.72. The number of carbonyl (C=O) groups excluding carboxylic acids is 2. The van der Waals surface area contributed by atoms with Gasteiger partial charge in [0.25, 0.3) is 5.91 Å². The lowest BCUT2D eigenvalue weighted by molar-refractivity contribution is -0.157. The van der Waals surface area contributed by atoms with Crippen LogP contribution in [0.1, 0.15) is 94.8 Å². The van der Waals surface area contributed by atoms with Crippen molar-refractivity contribution < 1.29 is 33.0 Å². The van der Waals surface area contributed by atoms with Crippen LogP contribution in [0.15, 0.2) is 36.5 Å². The Labute approximate surface area is 270 Å². The largest absolute Gasteiger partial charge is 0.496 e. The molecule has 2 N–H and O–H groups in total. The molecule has 1 saturated carbocycles. The van der Waals surface area contributed by atoms with Gasteiger partial charge in [-0.25, -0.2) is 18.6 Å². The van der Waals surface area contributed by atoms with E-state index < -0.39 is 65.5 Å². The molecule has 0 unspecified atom stereocenters. The zero-order chi connectivity index (χ0) is 34.4. The predicted molar refractivity (Wildman–Crippen MR) is 172 cm³/mol. The van der Waals surface area contributed by atoms with Crippen molar-refractivity contribution in [3.05, 3.63) is 53.2 Å². The second kappa shape index (κ2) is 12.8. The third kappa shape index (κ3) is 6.98. The van der Waals surface area contributed by atoms with E-state index in [4.69, 9.17) is 4.74 Å². The van der Waals surface area contributed by atoms with Gasteiger partial charge in [0.15, 0.2) is 0 Å². The number of likely N-dealkylation sites (tertiary alicyclic amines) is 1. The summed E-state index contributed by atoms with van der Waals surface area (Å²) in [7, 11) is 5.03. The Morgan fingerprint density at radius 2 is 1.78 bits per heavy atom. The Kier molecular flexibility index (Phi) is 9.76. The molecule has 1 saturated heterocycles. The van der Waals surface area contributed by atoms with Crippen LogP contribution < -0.4 is 15.0 Å². The Morgan fingerprint density at radius 3 is 2.33 bits per heavy atom. The van der Waals surface area contributed by atoms with Gasteiger partial charge in [-0.05, 0) is 47.4 Å². The molecule has 2 amide bonds. The van der Waals surface area contributed by atoms with Gasteiger partial charge in [0.05, 0.1) is 24.8 Å². The number of nitrogens with one attached hydrogen (secondary N) is 1. The molecular formula is C35H48F2N4O5. The number of anilines is 1. The fourth-order valence-electron chi connectivity index (χ4n) is 7.17. The van der Waals surface area contributed by atoms with Crippen LogP contribution in [0.25, 0.3) is 0 Å². The number of carboxylic acids is 1. The molecular weight excluding hydrogens is 594 g/mol. The van der Waals surface area contributed by atoms with Crippen LogP contribution >= 0.6 is 0 Å². The molecule has 1 aliphatic heterocycles. The van der Waals surface area contributed by atoms with E-state index in [9.17, 15) is 28.3 Å². The number of carboxylic acid groups (broad SMARTS) is 1. The van der Waals surface area contributed by atoms with Crippen molar-refractivity contribution in [3.63, 3.8) is 0 Å². The predicted octanol–water partition coefficient (Wildman–Crippen LogP) is 6.08. The fraction of sp³-hybridized carbons (Fsp3) is 0.600. The SMILES string of the molecule is COc1ccc(C(C)(C)C)cc1C(=O)N[C@H]1[C@H](C(C)(C)C)[C@@H](C(=O)O)N(C(=O)[C@@H]2CCCC(F)(F)C2)[C@H]1c1cccnc1N(C)C. The minimum absolute atomic E-state index is 0.155. The minimum atomic E-state index is -3.03. The van der Waals surface area contributed by atoms with Crippen LogP contribution in [0.3, 0.4) is 0 Å². The normalized spacial score (nSPS) is 24.8. The zero-order valence-electron chi connectivity index (χ0n) is 28.4. The third-order valence-electron chi connectivity index (χ3n) is 9.33. The van der Waals surface area contributed by atoms with Gasteiger partial charge in [-0.2, -0.15) is 0 Å². The van der Waals surface area contributed by atoms with Crippen molar-refractivity contribution in [2.75, 3.05) is 26.1 Å². The summed E-state index contributed by atoms with van der Waals surface area (Å²) in [5.74, 6) is -6.49. The molecule has 1 aromatic heterocycles. The topological polar surface area (TPSA) is 112 Å². The van der Waals surface area contributed by atoms with Gasteiger partial charge >= 0.3 is 5.97 Å². The van der Waals surface area contributed by atoms with Gasteiger partial charge in [-0.1, -0.05) is 53.7 Å². The molecule has 252 valence electrons. The summed E-state index contributed by atoms with van der Waals surface area (Å²) in [4.78, 5) is 49.5.